The molecular formula is C27H28N2O4S. The summed E-state index contributed by atoms with van der Waals surface area (Å²) >= 11 is 1.33. The van der Waals surface area contributed by atoms with E-state index >= 15 is 0 Å². The highest BCUT2D eigenvalue weighted by molar-refractivity contribution is 7.09. The van der Waals surface area contributed by atoms with Crippen molar-refractivity contribution in [3.8, 4) is 33.2 Å². The maximum atomic E-state index is 11.4. The Kier molecular flexibility index (Phi) is 7.45. The second kappa shape index (κ2) is 10.7. The normalized spacial score (nSPS) is 11.9. The molecule has 6 nitrogen and oxygen atoms in total. The van der Waals surface area contributed by atoms with Crippen molar-refractivity contribution in [3.63, 3.8) is 0 Å². The van der Waals surface area contributed by atoms with Crippen molar-refractivity contribution in [2.75, 3.05) is 6.61 Å². The van der Waals surface area contributed by atoms with Gasteiger partial charge in [0.15, 0.2) is 0 Å². The van der Waals surface area contributed by atoms with Gasteiger partial charge >= 0.3 is 0 Å². The lowest BCUT2D eigenvalue weighted by Crippen LogP contribution is -2.08. The van der Waals surface area contributed by atoms with E-state index in [-0.39, 0.29) is 5.56 Å². The van der Waals surface area contributed by atoms with Crippen LogP contribution in [0.2, 0.25) is 0 Å². The number of benzene rings is 2. The maximum absolute atomic E-state index is 11.4. The number of aliphatic hydroxyl groups excluding tert-OH is 1. The molecule has 1 atom stereocenters. The van der Waals surface area contributed by atoms with Crippen molar-refractivity contribution in [3.05, 3.63) is 87.8 Å². The highest BCUT2D eigenvalue weighted by Crippen LogP contribution is 2.30. The van der Waals surface area contributed by atoms with Crippen LogP contribution in [-0.4, -0.2) is 27.2 Å². The molecule has 0 bridgehead atoms. The molecule has 4 aromatic rings. The van der Waals surface area contributed by atoms with Crippen molar-refractivity contribution >= 4 is 11.5 Å². The van der Waals surface area contributed by atoms with Crippen molar-refractivity contribution < 1.29 is 14.6 Å². The molecule has 2 heterocycles. The summed E-state index contributed by atoms with van der Waals surface area (Å²) in [6.45, 7) is 6.69. The number of ether oxygens (including phenoxy) is 2. The first-order chi connectivity index (χ1) is 16.4. The molecule has 0 aliphatic heterocycles. The number of rotatable bonds is 9. The third-order valence-corrected chi connectivity index (χ3v) is 6.52. The van der Waals surface area contributed by atoms with E-state index in [4.69, 9.17) is 9.47 Å². The van der Waals surface area contributed by atoms with Crippen LogP contribution in [0.1, 0.15) is 30.2 Å². The second-order valence-electron chi connectivity index (χ2n) is 8.25. The predicted molar refractivity (Wildman–Crippen MR) is 136 cm³/mol. The van der Waals surface area contributed by atoms with E-state index in [9.17, 15) is 9.90 Å². The van der Waals surface area contributed by atoms with E-state index in [1.54, 1.807) is 13.0 Å². The van der Waals surface area contributed by atoms with Gasteiger partial charge in [-0.3, -0.25) is 9.17 Å². The van der Waals surface area contributed by atoms with Crippen LogP contribution in [0.3, 0.4) is 0 Å². The van der Waals surface area contributed by atoms with Gasteiger partial charge in [0.25, 0.3) is 5.56 Å². The average Bonchev–Trinajstić information content (AvgIpc) is 3.25. The Balaban J connectivity index is 1.45. The molecule has 0 radical (unpaired) electrons. The summed E-state index contributed by atoms with van der Waals surface area (Å²) < 4.78 is 14.4. The third-order valence-electron chi connectivity index (χ3n) is 5.64. The Hall–Kier alpha value is -3.42. The molecule has 7 heteroatoms. The fourth-order valence-electron chi connectivity index (χ4n) is 3.67. The largest absolute Gasteiger partial charge is 0.489 e. The molecule has 2 aromatic carbocycles. The van der Waals surface area contributed by atoms with E-state index in [1.807, 2.05) is 49.4 Å². The van der Waals surface area contributed by atoms with Gasteiger partial charge in [-0.2, -0.15) is 0 Å². The zero-order valence-electron chi connectivity index (χ0n) is 19.5. The standard InChI is InChI=1S/C27H28N2O4S/c1-17(30)13-14-32-27-12-11-24(19(3)28-27)23-6-4-5-21(18(23)2)16-33-22-9-7-20(8-10-22)25-15-26(31)29-34-25/h4-12,15,17,30H,13-14,16H2,1-3H3,(H,29,31)/t17-/m0/s1. The smallest absolute Gasteiger partial charge is 0.258 e. The number of nitrogens with zero attached hydrogens (tertiary/aromatic N) is 1. The molecule has 0 amide bonds. The summed E-state index contributed by atoms with van der Waals surface area (Å²) in [6.07, 6.45) is 0.178. The minimum absolute atomic E-state index is 0.0837. The molecule has 2 N–H and O–H groups in total. The number of pyridine rings is 1. The molecule has 0 spiro atoms. The lowest BCUT2D eigenvalue weighted by atomic mass is 9.96. The third kappa shape index (κ3) is 5.73. The second-order valence-corrected chi connectivity index (χ2v) is 9.10. The molecule has 0 aliphatic carbocycles. The number of aromatic nitrogens is 2. The van der Waals surface area contributed by atoms with Gasteiger partial charge in [0.05, 0.1) is 17.6 Å². The molecular weight excluding hydrogens is 448 g/mol. The van der Waals surface area contributed by atoms with Gasteiger partial charge < -0.3 is 14.6 Å². The minimum atomic E-state index is -0.391. The lowest BCUT2D eigenvalue weighted by molar-refractivity contribution is 0.154. The SMILES string of the molecule is Cc1nc(OCC[C@H](C)O)ccc1-c1cccc(COc2ccc(-c3cc(=O)[nH]s3)cc2)c1C. The molecule has 0 saturated carbocycles. The number of aromatic amines is 1. The van der Waals surface area contributed by atoms with Gasteiger partial charge in [0, 0.05) is 29.8 Å². The summed E-state index contributed by atoms with van der Waals surface area (Å²) in [5.74, 6) is 1.34. The Bertz CT molecular complexity index is 1310. The molecule has 34 heavy (non-hydrogen) atoms. The minimum Gasteiger partial charge on any atom is -0.489 e. The summed E-state index contributed by atoms with van der Waals surface area (Å²) in [4.78, 5) is 16.9. The Morgan fingerprint density at radius 3 is 2.50 bits per heavy atom. The van der Waals surface area contributed by atoms with Gasteiger partial charge in [-0.1, -0.05) is 29.7 Å². The number of hydrogen-bond donors (Lipinski definition) is 2. The van der Waals surface area contributed by atoms with Crippen LogP contribution in [0.15, 0.2) is 65.5 Å². The van der Waals surface area contributed by atoms with Gasteiger partial charge in [-0.15, -0.1) is 0 Å². The van der Waals surface area contributed by atoms with Crippen molar-refractivity contribution in [2.24, 2.45) is 0 Å². The number of nitrogens with one attached hydrogen (secondary N) is 1. The van der Waals surface area contributed by atoms with E-state index < -0.39 is 6.10 Å². The number of H-pyrrole nitrogens is 1. The van der Waals surface area contributed by atoms with Gasteiger partial charge in [-0.25, -0.2) is 4.98 Å². The molecule has 0 saturated heterocycles. The van der Waals surface area contributed by atoms with E-state index in [0.717, 1.165) is 44.1 Å². The Morgan fingerprint density at radius 1 is 1.03 bits per heavy atom. The van der Waals surface area contributed by atoms with Crippen molar-refractivity contribution in [1.82, 2.24) is 9.36 Å². The maximum Gasteiger partial charge on any atom is 0.258 e. The van der Waals surface area contributed by atoms with Gasteiger partial charge in [-0.05, 0) is 73.4 Å². The summed E-state index contributed by atoms with van der Waals surface area (Å²) in [5, 5.41) is 9.39. The zero-order valence-corrected chi connectivity index (χ0v) is 20.3. The zero-order chi connectivity index (χ0) is 24.1. The van der Waals surface area contributed by atoms with Crippen molar-refractivity contribution in [1.29, 1.82) is 0 Å². The first kappa shape index (κ1) is 23.7. The molecule has 0 unspecified atom stereocenters. The molecule has 4 rings (SSSR count). The molecule has 0 fully saturated rings. The van der Waals surface area contributed by atoms with Crippen LogP contribution < -0.4 is 15.0 Å². The number of aliphatic hydroxyl groups is 1. The Labute approximate surface area is 203 Å². The van der Waals surface area contributed by atoms with E-state index in [1.165, 1.54) is 11.5 Å². The van der Waals surface area contributed by atoms with Crippen LogP contribution in [0.4, 0.5) is 0 Å². The van der Waals surface area contributed by atoms with Crippen LogP contribution >= 0.6 is 11.5 Å². The van der Waals surface area contributed by atoms with Crippen LogP contribution in [-0.2, 0) is 6.61 Å². The molecule has 176 valence electrons. The van der Waals surface area contributed by atoms with Gasteiger partial charge in [0.2, 0.25) is 5.88 Å². The average molecular weight is 477 g/mol. The lowest BCUT2D eigenvalue weighted by Gasteiger charge is -2.15. The highest BCUT2D eigenvalue weighted by atomic mass is 32.1. The predicted octanol–water partition coefficient (Wildman–Crippen LogP) is 5.51. The number of hydrogen-bond acceptors (Lipinski definition) is 6. The fourth-order valence-corrected chi connectivity index (χ4v) is 4.36. The quantitative estimate of drug-likeness (QED) is 0.333. The van der Waals surface area contributed by atoms with E-state index in [2.05, 4.69) is 28.4 Å². The topological polar surface area (TPSA) is 84.4 Å². The highest BCUT2D eigenvalue weighted by Gasteiger charge is 2.11. The molecule has 2 aromatic heterocycles. The summed E-state index contributed by atoms with van der Waals surface area (Å²) in [7, 11) is 0. The molecule has 0 aliphatic rings. The summed E-state index contributed by atoms with van der Waals surface area (Å²) in [6, 6.07) is 19.4. The Morgan fingerprint density at radius 2 is 1.82 bits per heavy atom. The summed E-state index contributed by atoms with van der Waals surface area (Å²) in [5.41, 5.74) is 6.19. The fraction of sp³-hybridized carbons (Fsp3) is 0.259. The van der Waals surface area contributed by atoms with Crippen LogP contribution in [0.5, 0.6) is 11.6 Å². The first-order valence-corrected chi connectivity index (χ1v) is 12.0. The van der Waals surface area contributed by atoms with Gasteiger partial charge in [0.1, 0.15) is 12.4 Å². The van der Waals surface area contributed by atoms with Crippen molar-refractivity contribution in [2.45, 2.75) is 39.9 Å². The number of aryl methyl sites for hydroxylation is 1. The van der Waals surface area contributed by atoms with E-state index in [0.29, 0.717) is 25.5 Å². The monoisotopic (exact) mass is 476 g/mol. The van der Waals surface area contributed by atoms with Crippen LogP contribution in [0.25, 0.3) is 21.6 Å². The first-order valence-electron chi connectivity index (χ1n) is 11.2. The van der Waals surface area contributed by atoms with Crippen LogP contribution in [0, 0.1) is 13.8 Å².